The van der Waals surface area contributed by atoms with E-state index in [1.807, 2.05) is 27.7 Å². The predicted octanol–water partition coefficient (Wildman–Crippen LogP) is 2.41. The molecule has 0 aliphatic rings. The third-order valence-electron chi connectivity index (χ3n) is 0.912. The maximum Gasteiger partial charge on any atom is 0.208 e. The van der Waals surface area contributed by atoms with E-state index in [4.69, 9.17) is 4.74 Å². The molecule has 0 aromatic heterocycles. The van der Waals surface area contributed by atoms with E-state index in [-0.39, 0.29) is 5.54 Å². The lowest BCUT2D eigenvalue weighted by molar-refractivity contribution is 0.323. The summed E-state index contributed by atoms with van der Waals surface area (Å²) in [7, 11) is 0. The molecule has 2 heteroatoms. The Morgan fingerprint density at radius 2 is 2.09 bits per heavy atom. The van der Waals surface area contributed by atoms with Gasteiger partial charge in [-0.2, -0.15) is 0 Å². The zero-order valence-corrected chi connectivity index (χ0v) is 7.85. The van der Waals surface area contributed by atoms with E-state index in [0.29, 0.717) is 12.5 Å². The van der Waals surface area contributed by atoms with E-state index < -0.39 is 0 Å². The van der Waals surface area contributed by atoms with E-state index in [2.05, 4.69) is 11.6 Å². The average molecular weight is 155 g/mol. The van der Waals surface area contributed by atoms with Crippen molar-refractivity contribution in [2.24, 2.45) is 4.99 Å². The average Bonchev–Trinajstić information content (AvgIpc) is 1.84. The summed E-state index contributed by atoms with van der Waals surface area (Å²) in [6.45, 7) is 12.3. The lowest BCUT2D eigenvalue weighted by atomic mass is 10.1. The second-order valence-electron chi connectivity index (χ2n) is 3.26. The van der Waals surface area contributed by atoms with Crippen molar-refractivity contribution in [3.8, 4) is 0 Å². The summed E-state index contributed by atoms with van der Waals surface area (Å²) in [6.07, 6.45) is 1.63. The minimum absolute atomic E-state index is 0.0846. The Labute approximate surface area is 69.0 Å². The second kappa shape index (κ2) is 4.16. The molecule has 0 N–H and O–H groups in total. The van der Waals surface area contributed by atoms with Gasteiger partial charge in [-0.15, -0.1) is 0 Å². The summed E-state index contributed by atoms with van der Waals surface area (Å²) in [5, 5.41) is 0. The highest BCUT2D eigenvalue weighted by molar-refractivity contribution is 5.87. The van der Waals surface area contributed by atoms with Gasteiger partial charge in [0.2, 0.25) is 5.90 Å². The van der Waals surface area contributed by atoms with E-state index in [1.54, 1.807) is 6.08 Å². The first-order valence-electron chi connectivity index (χ1n) is 3.84. The fraction of sp³-hybridized carbons (Fsp3) is 0.667. The van der Waals surface area contributed by atoms with Gasteiger partial charge in [0.25, 0.3) is 0 Å². The molecule has 2 nitrogen and oxygen atoms in total. The second-order valence-corrected chi connectivity index (χ2v) is 3.26. The van der Waals surface area contributed by atoms with Crippen LogP contribution in [0.4, 0.5) is 0 Å². The SMILES string of the molecule is C=C/C(=N\C(C)(C)C)OCC. The third-order valence-corrected chi connectivity index (χ3v) is 0.912. The van der Waals surface area contributed by atoms with E-state index in [1.165, 1.54) is 0 Å². The maximum atomic E-state index is 5.20. The van der Waals surface area contributed by atoms with Crippen LogP contribution in [0.3, 0.4) is 0 Å². The summed E-state index contributed by atoms with van der Waals surface area (Å²) in [5.74, 6) is 0.625. The van der Waals surface area contributed by atoms with Crippen LogP contribution in [0.15, 0.2) is 17.6 Å². The molecule has 0 amide bonds. The van der Waals surface area contributed by atoms with Gasteiger partial charge >= 0.3 is 0 Å². The first-order valence-corrected chi connectivity index (χ1v) is 3.84. The predicted molar refractivity (Wildman–Crippen MR) is 49.0 cm³/mol. The Morgan fingerprint density at radius 1 is 1.55 bits per heavy atom. The van der Waals surface area contributed by atoms with E-state index in [0.717, 1.165) is 0 Å². The molecular formula is C9H17NO. The fourth-order valence-electron chi connectivity index (χ4n) is 0.615. The smallest absolute Gasteiger partial charge is 0.208 e. The molecule has 0 unspecified atom stereocenters. The van der Waals surface area contributed by atoms with E-state index >= 15 is 0 Å². The van der Waals surface area contributed by atoms with Gasteiger partial charge in [0, 0.05) is 0 Å². The summed E-state index contributed by atoms with van der Waals surface area (Å²) in [4.78, 5) is 4.29. The highest BCUT2D eigenvalue weighted by Crippen LogP contribution is 2.07. The van der Waals surface area contributed by atoms with Crippen LogP contribution in [-0.4, -0.2) is 18.0 Å². The van der Waals surface area contributed by atoms with Crippen molar-refractivity contribution in [2.45, 2.75) is 33.2 Å². The number of hydrogen-bond acceptors (Lipinski definition) is 2. The lowest BCUT2D eigenvalue weighted by Crippen LogP contribution is -2.14. The fourth-order valence-corrected chi connectivity index (χ4v) is 0.615. The number of nitrogens with zero attached hydrogens (tertiary/aromatic N) is 1. The first-order chi connectivity index (χ1) is 4.99. The summed E-state index contributed by atoms with van der Waals surface area (Å²) < 4.78 is 5.20. The van der Waals surface area contributed by atoms with Gasteiger partial charge in [-0.05, 0) is 33.8 Å². The molecule has 0 radical (unpaired) electrons. The molecule has 0 saturated carbocycles. The van der Waals surface area contributed by atoms with Crippen LogP contribution in [0.25, 0.3) is 0 Å². The minimum Gasteiger partial charge on any atom is -0.478 e. The number of hydrogen-bond donors (Lipinski definition) is 0. The van der Waals surface area contributed by atoms with Crippen LogP contribution >= 0.6 is 0 Å². The molecule has 0 saturated heterocycles. The molecule has 0 heterocycles. The normalized spacial score (nSPS) is 12.9. The summed E-state index contributed by atoms with van der Waals surface area (Å²) >= 11 is 0. The molecule has 64 valence electrons. The highest BCUT2D eigenvalue weighted by Gasteiger charge is 2.08. The van der Waals surface area contributed by atoms with E-state index in [9.17, 15) is 0 Å². The van der Waals surface area contributed by atoms with Crippen molar-refractivity contribution in [2.75, 3.05) is 6.61 Å². The molecule has 0 fully saturated rings. The largest absolute Gasteiger partial charge is 0.478 e. The van der Waals surface area contributed by atoms with Crippen molar-refractivity contribution >= 4 is 5.90 Å². The van der Waals surface area contributed by atoms with Gasteiger partial charge < -0.3 is 4.74 Å². The summed E-state index contributed by atoms with van der Waals surface area (Å²) in [5.41, 5.74) is -0.0846. The highest BCUT2D eigenvalue weighted by atomic mass is 16.5. The molecule has 0 bridgehead atoms. The summed E-state index contributed by atoms with van der Waals surface area (Å²) in [6, 6.07) is 0. The minimum atomic E-state index is -0.0846. The van der Waals surface area contributed by atoms with Crippen molar-refractivity contribution in [3.63, 3.8) is 0 Å². The molecule has 0 aliphatic carbocycles. The van der Waals surface area contributed by atoms with Gasteiger partial charge in [0.15, 0.2) is 0 Å². The van der Waals surface area contributed by atoms with Crippen LogP contribution in [0.2, 0.25) is 0 Å². The third kappa shape index (κ3) is 5.64. The Bertz CT molecular complexity index is 153. The van der Waals surface area contributed by atoms with Crippen LogP contribution in [0, 0.1) is 0 Å². The zero-order valence-electron chi connectivity index (χ0n) is 7.85. The van der Waals surface area contributed by atoms with Crippen molar-refractivity contribution in [1.29, 1.82) is 0 Å². The Balaban J connectivity index is 4.23. The monoisotopic (exact) mass is 155 g/mol. The number of aliphatic imine (C=N–C) groups is 1. The standard InChI is InChI=1S/C9H17NO/c1-6-8(11-7-2)10-9(3,4)5/h6H,1,7H2,2-5H3/b10-8+. The van der Waals surface area contributed by atoms with Gasteiger partial charge in [-0.1, -0.05) is 6.58 Å². The van der Waals surface area contributed by atoms with Crippen molar-refractivity contribution in [3.05, 3.63) is 12.7 Å². The van der Waals surface area contributed by atoms with Crippen LogP contribution < -0.4 is 0 Å². The number of rotatable bonds is 2. The molecular weight excluding hydrogens is 138 g/mol. The number of ether oxygens (including phenoxy) is 1. The van der Waals surface area contributed by atoms with Gasteiger partial charge in [-0.25, -0.2) is 4.99 Å². The van der Waals surface area contributed by atoms with Gasteiger partial charge in [-0.3, -0.25) is 0 Å². The molecule has 0 atom stereocenters. The lowest BCUT2D eigenvalue weighted by Gasteiger charge is -2.13. The molecule has 0 aliphatic heterocycles. The molecule has 0 aromatic carbocycles. The van der Waals surface area contributed by atoms with Gasteiger partial charge in [0.1, 0.15) is 0 Å². The Hall–Kier alpha value is -0.790. The molecule has 11 heavy (non-hydrogen) atoms. The topological polar surface area (TPSA) is 21.6 Å². The van der Waals surface area contributed by atoms with Crippen LogP contribution in [0.5, 0.6) is 0 Å². The van der Waals surface area contributed by atoms with Gasteiger partial charge in [0.05, 0.1) is 12.1 Å². The maximum absolute atomic E-state index is 5.20. The van der Waals surface area contributed by atoms with Crippen molar-refractivity contribution < 1.29 is 4.74 Å². The van der Waals surface area contributed by atoms with Crippen LogP contribution in [0.1, 0.15) is 27.7 Å². The first kappa shape index (κ1) is 10.2. The van der Waals surface area contributed by atoms with Crippen molar-refractivity contribution in [1.82, 2.24) is 0 Å². The van der Waals surface area contributed by atoms with Crippen LogP contribution in [-0.2, 0) is 4.74 Å². The zero-order chi connectivity index (χ0) is 8.91. The molecule has 0 rings (SSSR count). The molecule has 0 spiro atoms. The Kier molecular flexibility index (Phi) is 3.86. The molecule has 0 aromatic rings. The Morgan fingerprint density at radius 3 is 2.36 bits per heavy atom. The quantitative estimate of drug-likeness (QED) is 0.443.